The molecule has 1 aromatic carbocycles. The van der Waals surface area contributed by atoms with Gasteiger partial charge in [0.25, 0.3) is 0 Å². The van der Waals surface area contributed by atoms with Gasteiger partial charge >= 0.3 is 0 Å². The van der Waals surface area contributed by atoms with Crippen LogP contribution in [0.5, 0.6) is 0 Å². The van der Waals surface area contributed by atoms with E-state index in [4.69, 9.17) is 20.5 Å². The molecule has 8 heteroatoms. The molecule has 0 saturated carbocycles. The van der Waals surface area contributed by atoms with Gasteiger partial charge in [0.1, 0.15) is 6.26 Å². The first-order valence-corrected chi connectivity index (χ1v) is 9.19. The number of hydrogen-bond donors (Lipinski definition) is 1. The van der Waals surface area contributed by atoms with Crippen molar-refractivity contribution < 1.29 is 13.7 Å². The molecule has 1 N–H and O–H groups in total. The predicted molar refractivity (Wildman–Crippen MR) is 99.1 cm³/mol. The van der Waals surface area contributed by atoms with Crippen LogP contribution < -0.4 is 5.32 Å². The van der Waals surface area contributed by atoms with Gasteiger partial charge in [-0.1, -0.05) is 28.9 Å². The third-order valence-corrected chi connectivity index (χ3v) is 4.83. The number of amides is 1. The summed E-state index contributed by atoms with van der Waals surface area (Å²) in [5, 5.41) is 7.94. The molecule has 3 heterocycles. The second kappa shape index (κ2) is 7.94. The average molecular weight is 387 g/mol. The van der Waals surface area contributed by atoms with Crippen LogP contribution in [0.4, 0.5) is 0 Å². The number of furan rings is 1. The van der Waals surface area contributed by atoms with Gasteiger partial charge < -0.3 is 19.2 Å². The summed E-state index contributed by atoms with van der Waals surface area (Å²) in [5.74, 6) is 0.962. The Kier molecular flexibility index (Phi) is 5.22. The summed E-state index contributed by atoms with van der Waals surface area (Å²) in [6, 6.07) is 9.38. The van der Waals surface area contributed by atoms with E-state index >= 15 is 0 Å². The van der Waals surface area contributed by atoms with Crippen LogP contribution in [0.2, 0.25) is 5.02 Å². The SMILES string of the molecule is O=C(CCc1nc(-c2ccoc2)no1)N1CCNCC1c1cccc(Cl)c1. The fourth-order valence-electron chi connectivity index (χ4n) is 3.24. The Balaban J connectivity index is 1.42. The Bertz CT molecular complexity index is 909. The largest absolute Gasteiger partial charge is 0.472 e. The third kappa shape index (κ3) is 4.04. The van der Waals surface area contributed by atoms with Crippen LogP contribution in [0.25, 0.3) is 11.4 Å². The molecular weight excluding hydrogens is 368 g/mol. The molecule has 0 aliphatic carbocycles. The highest BCUT2D eigenvalue weighted by Gasteiger charge is 2.28. The van der Waals surface area contributed by atoms with Crippen molar-refractivity contribution in [2.24, 2.45) is 0 Å². The number of carbonyl (C=O) groups excluding carboxylic acids is 1. The maximum atomic E-state index is 12.8. The highest BCUT2D eigenvalue weighted by Crippen LogP contribution is 2.25. The van der Waals surface area contributed by atoms with Gasteiger partial charge in [-0.25, -0.2) is 0 Å². The van der Waals surface area contributed by atoms with Crippen LogP contribution in [0.3, 0.4) is 0 Å². The molecule has 1 amide bonds. The van der Waals surface area contributed by atoms with E-state index in [9.17, 15) is 4.79 Å². The summed E-state index contributed by atoms with van der Waals surface area (Å²) in [6.45, 7) is 2.13. The molecule has 0 spiro atoms. The van der Waals surface area contributed by atoms with Gasteiger partial charge in [-0.3, -0.25) is 4.79 Å². The number of nitrogens with zero attached hydrogens (tertiary/aromatic N) is 3. The van der Waals surface area contributed by atoms with E-state index < -0.39 is 0 Å². The van der Waals surface area contributed by atoms with E-state index in [2.05, 4.69) is 15.5 Å². The minimum absolute atomic E-state index is 0.0332. The Morgan fingerprint density at radius 1 is 1.37 bits per heavy atom. The quantitative estimate of drug-likeness (QED) is 0.725. The molecule has 0 radical (unpaired) electrons. The van der Waals surface area contributed by atoms with Crippen LogP contribution in [0.15, 0.2) is 51.8 Å². The zero-order valence-corrected chi connectivity index (χ0v) is 15.4. The van der Waals surface area contributed by atoms with Crippen LogP contribution in [-0.4, -0.2) is 40.6 Å². The maximum absolute atomic E-state index is 12.8. The zero-order chi connectivity index (χ0) is 18.6. The Morgan fingerprint density at radius 3 is 3.11 bits per heavy atom. The molecule has 1 aliphatic rings. The lowest BCUT2D eigenvalue weighted by atomic mass is 10.0. The first-order valence-electron chi connectivity index (χ1n) is 8.81. The van der Waals surface area contributed by atoms with Crippen molar-refractivity contribution in [1.82, 2.24) is 20.4 Å². The number of carbonyl (C=O) groups is 1. The predicted octanol–water partition coefficient (Wildman–Crippen LogP) is 3.09. The lowest BCUT2D eigenvalue weighted by molar-refractivity contribution is -0.134. The van der Waals surface area contributed by atoms with Crippen molar-refractivity contribution in [2.75, 3.05) is 19.6 Å². The fraction of sp³-hybridized carbons (Fsp3) is 0.316. The first kappa shape index (κ1) is 17.8. The van der Waals surface area contributed by atoms with Crippen molar-refractivity contribution >= 4 is 17.5 Å². The zero-order valence-electron chi connectivity index (χ0n) is 14.6. The second-order valence-corrected chi connectivity index (χ2v) is 6.82. The average Bonchev–Trinajstić information content (AvgIpc) is 3.38. The standard InChI is InChI=1S/C19H19ClN4O3/c20-15-3-1-2-13(10-15)16-11-21-7-8-24(16)18(25)5-4-17-22-19(23-27-17)14-6-9-26-12-14/h1-3,6,9-10,12,16,21H,4-5,7-8,11H2. The molecule has 1 fully saturated rings. The van der Waals surface area contributed by atoms with Gasteiger partial charge in [0, 0.05) is 37.5 Å². The number of hydrogen-bond acceptors (Lipinski definition) is 6. The fourth-order valence-corrected chi connectivity index (χ4v) is 3.44. The van der Waals surface area contributed by atoms with Gasteiger partial charge in [-0.15, -0.1) is 0 Å². The van der Waals surface area contributed by atoms with Crippen molar-refractivity contribution in [3.63, 3.8) is 0 Å². The Morgan fingerprint density at radius 2 is 2.30 bits per heavy atom. The third-order valence-electron chi connectivity index (χ3n) is 4.60. The molecule has 1 atom stereocenters. The molecule has 0 bridgehead atoms. The van der Waals surface area contributed by atoms with E-state index in [0.717, 1.165) is 17.7 Å². The Labute approximate surface area is 161 Å². The van der Waals surface area contributed by atoms with E-state index in [1.54, 1.807) is 18.6 Å². The van der Waals surface area contributed by atoms with Crippen LogP contribution >= 0.6 is 11.6 Å². The van der Waals surface area contributed by atoms with Crippen molar-refractivity contribution in [1.29, 1.82) is 0 Å². The number of aryl methyl sites for hydroxylation is 1. The summed E-state index contributed by atoms with van der Waals surface area (Å²) < 4.78 is 10.3. The molecule has 140 valence electrons. The molecule has 1 aliphatic heterocycles. The molecule has 2 aromatic heterocycles. The minimum Gasteiger partial charge on any atom is -0.472 e. The summed E-state index contributed by atoms with van der Waals surface area (Å²) >= 11 is 6.12. The summed E-state index contributed by atoms with van der Waals surface area (Å²) in [6.07, 6.45) is 3.81. The topological polar surface area (TPSA) is 84.4 Å². The monoisotopic (exact) mass is 386 g/mol. The molecule has 1 saturated heterocycles. The van der Waals surface area contributed by atoms with Crippen molar-refractivity contribution in [3.05, 3.63) is 59.3 Å². The number of aromatic nitrogens is 2. The normalized spacial score (nSPS) is 17.2. The summed E-state index contributed by atoms with van der Waals surface area (Å²) in [7, 11) is 0. The number of nitrogens with one attached hydrogen (secondary N) is 1. The van der Waals surface area contributed by atoms with E-state index in [1.165, 1.54) is 0 Å². The second-order valence-electron chi connectivity index (χ2n) is 6.39. The molecular formula is C19H19ClN4O3. The summed E-state index contributed by atoms with van der Waals surface area (Å²) in [5.41, 5.74) is 1.78. The summed E-state index contributed by atoms with van der Waals surface area (Å²) in [4.78, 5) is 19.1. The molecule has 4 rings (SSSR count). The minimum atomic E-state index is -0.0332. The molecule has 3 aromatic rings. The number of rotatable bonds is 5. The van der Waals surface area contributed by atoms with Gasteiger partial charge in [-0.2, -0.15) is 4.98 Å². The van der Waals surface area contributed by atoms with Gasteiger partial charge in [0.05, 0.1) is 17.9 Å². The highest BCUT2D eigenvalue weighted by molar-refractivity contribution is 6.30. The first-order chi connectivity index (χ1) is 13.2. The van der Waals surface area contributed by atoms with Crippen LogP contribution in [0.1, 0.15) is 23.9 Å². The Hall–Kier alpha value is -2.64. The van der Waals surface area contributed by atoms with Gasteiger partial charge in [0.15, 0.2) is 0 Å². The maximum Gasteiger partial charge on any atom is 0.227 e. The number of piperazine rings is 1. The van der Waals surface area contributed by atoms with Gasteiger partial charge in [-0.05, 0) is 23.8 Å². The van der Waals surface area contributed by atoms with E-state index in [-0.39, 0.29) is 11.9 Å². The van der Waals surface area contributed by atoms with E-state index in [1.807, 2.05) is 29.2 Å². The molecule has 27 heavy (non-hydrogen) atoms. The van der Waals surface area contributed by atoms with Crippen molar-refractivity contribution in [3.8, 4) is 11.4 Å². The molecule has 1 unspecified atom stereocenters. The number of benzene rings is 1. The lowest BCUT2D eigenvalue weighted by Crippen LogP contribution is -2.48. The number of halogens is 1. The van der Waals surface area contributed by atoms with E-state index in [0.29, 0.717) is 42.7 Å². The van der Waals surface area contributed by atoms with Crippen LogP contribution in [0, 0.1) is 0 Å². The molecule has 7 nitrogen and oxygen atoms in total. The highest BCUT2D eigenvalue weighted by atomic mass is 35.5. The smallest absolute Gasteiger partial charge is 0.227 e. The van der Waals surface area contributed by atoms with Gasteiger partial charge in [0.2, 0.25) is 17.6 Å². The lowest BCUT2D eigenvalue weighted by Gasteiger charge is -2.36. The van der Waals surface area contributed by atoms with Crippen LogP contribution in [-0.2, 0) is 11.2 Å². The van der Waals surface area contributed by atoms with Crippen molar-refractivity contribution in [2.45, 2.75) is 18.9 Å².